The summed E-state index contributed by atoms with van der Waals surface area (Å²) in [6.07, 6.45) is -1.22. The first kappa shape index (κ1) is 14.1. The van der Waals surface area contributed by atoms with Gasteiger partial charge in [-0.1, -0.05) is 11.6 Å². The van der Waals surface area contributed by atoms with E-state index in [1.165, 1.54) is 33.1 Å². The second-order valence-corrected chi connectivity index (χ2v) is 4.51. The molecule has 18 heavy (non-hydrogen) atoms. The number of nitriles is 1. The quantitative estimate of drug-likeness (QED) is 0.914. The van der Waals surface area contributed by atoms with Crippen LogP contribution in [-0.4, -0.2) is 23.8 Å². The smallest absolute Gasteiger partial charge is 0.413 e. The number of anilines is 1. The van der Waals surface area contributed by atoms with Gasteiger partial charge in [-0.25, -0.2) is 4.79 Å². The number of amides is 1. The molecule has 0 bridgehead atoms. The molecule has 0 aliphatic carbocycles. The zero-order valence-corrected chi connectivity index (χ0v) is 11.0. The van der Waals surface area contributed by atoms with Gasteiger partial charge in [0, 0.05) is 0 Å². The summed E-state index contributed by atoms with van der Waals surface area (Å²) < 4.78 is 4.99. The summed E-state index contributed by atoms with van der Waals surface area (Å²) in [4.78, 5) is 12.2. The Morgan fingerprint density at radius 1 is 1.56 bits per heavy atom. The Bertz CT molecular complexity index is 509. The van der Waals surface area contributed by atoms with Gasteiger partial charge >= 0.3 is 6.09 Å². The average molecular weight is 269 g/mol. The van der Waals surface area contributed by atoms with Crippen LogP contribution in [0.5, 0.6) is 5.75 Å². The molecule has 0 aromatic heterocycles. The normalized spacial score (nSPS) is 10.6. The van der Waals surface area contributed by atoms with Crippen molar-refractivity contribution in [2.75, 3.05) is 12.0 Å². The minimum atomic E-state index is -1.22. The number of carboxylic acid groups (broad SMARTS) is 1. The van der Waals surface area contributed by atoms with Gasteiger partial charge in [-0.2, -0.15) is 5.26 Å². The van der Waals surface area contributed by atoms with Crippen LogP contribution in [0.1, 0.15) is 13.8 Å². The topological polar surface area (TPSA) is 73.6 Å². The molecule has 0 fully saturated rings. The standard InChI is InChI=1S/C12H13ClN2O3/c1-12(2,7-14)15(11(16)17)8-4-5-10(18-3)9(13)6-8/h4-6H,1-3H3,(H,16,17). The zero-order valence-electron chi connectivity index (χ0n) is 10.3. The molecule has 1 N–H and O–H groups in total. The van der Waals surface area contributed by atoms with E-state index in [4.69, 9.17) is 21.6 Å². The average Bonchev–Trinajstić information content (AvgIpc) is 2.28. The number of rotatable bonds is 3. The molecule has 0 unspecified atom stereocenters. The number of hydrogen-bond donors (Lipinski definition) is 1. The minimum Gasteiger partial charge on any atom is -0.495 e. The Morgan fingerprint density at radius 2 is 2.17 bits per heavy atom. The van der Waals surface area contributed by atoms with E-state index in [0.29, 0.717) is 11.4 Å². The summed E-state index contributed by atoms with van der Waals surface area (Å²) in [5.41, 5.74) is -0.871. The fourth-order valence-corrected chi connectivity index (χ4v) is 1.77. The van der Waals surface area contributed by atoms with Crippen LogP contribution in [0.3, 0.4) is 0 Å². The molecular formula is C12H13ClN2O3. The van der Waals surface area contributed by atoms with Crippen LogP contribution < -0.4 is 9.64 Å². The largest absolute Gasteiger partial charge is 0.495 e. The molecule has 0 heterocycles. The van der Waals surface area contributed by atoms with Gasteiger partial charge in [0.25, 0.3) is 0 Å². The van der Waals surface area contributed by atoms with Crippen LogP contribution in [0.4, 0.5) is 10.5 Å². The first-order chi connectivity index (χ1) is 8.33. The van der Waals surface area contributed by atoms with Crippen LogP contribution in [-0.2, 0) is 0 Å². The molecule has 0 saturated heterocycles. The van der Waals surface area contributed by atoms with Crippen LogP contribution in [0.25, 0.3) is 0 Å². The first-order valence-corrected chi connectivity index (χ1v) is 5.49. The number of hydrogen-bond acceptors (Lipinski definition) is 3. The van der Waals surface area contributed by atoms with E-state index in [1.807, 2.05) is 6.07 Å². The number of carbonyl (C=O) groups is 1. The van der Waals surface area contributed by atoms with Gasteiger partial charge in [0.2, 0.25) is 0 Å². The molecule has 96 valence electrons. The number of benzene rings is 1. The van der Waals surface area contributed by atoms with Crippen LogP contribution in [0.2, 0.25) is 5.02 Å². The van der Waals surface area contributed by atoms with Crippen LogP contribution in [0, 0.1) is 11.3 Å². The van der Waals surface area contributed by atoms with Crippen molar-refractivity contribution in [2.45, 2.75) is 19.4 Å². The second-order valence-electron chi connectivity index (χ2n) is 4.11. The van der Waals surface area contributed by atoms with Gasteiger partial charge in [-0.05, 0) is 32.0 Å². The third-order valence-corrected chi connectivity index (χ3v) is 2.71. The van der Waals surface area contributed by atoms with Crippen molar-refractivity contribution in [3.8, 4) is 11.8 Å². The molecule has 6 heteroatoms. The molecule has 1 amide bonds. The highest BCUT2D eigenvalue weighted by molar-refractivity contribution is 6.32. The maximum atomic E-state index is 11.3. The van der Waals surface area contributed by atoms with Gasteiger partial charge in [0.15, 0.2) is 0 Å². The number of halogens is 1. The molecular weight excluding hydrogens is 256 g/mol. The summed E-state index contributed by atoms with van der Waals surface area (Å²) in [5.74, 6) is 0.445. The molecule has 0 atom stereocenters. The lowest BCUT2D eigenvalue weighted by molar-refractivity contribution is 0.197. The molecule has 0 aliphatic heterocycles. The van der Waals surface area contributed by atoms with Crippen molar-refractivity contribution < 1.29 is 14.6 Å². The van der Waals surface area contributed by atoms with E-state index in [2.05, 4.69) is 0 Å². The lowest BCUT2D eigenvalue weighted by Gasteiger charge is -2.30. The fraction of sp³-hybridized carbons (Fsp3) is 0.333. The van der Waals surface area contributed by atoms with Gasteiger partial charge < -0.3 is 9.84 Å². The highest BCUT2D eigenvalue weighted by Crippen LogP contribution is 2.32. The number of methoxy groups -OCH3 is 1. The maximum absolute atomic E-state index is 11.3. The Morgan fingerprint density at radius 3 is 2.56 bits per heavy atom. The SMILES string of the molecule is COc1ccc(N(C(=O)O)C(C)(C)C#N)cc1Cl. The number of ether oxygens (including phenoxy) is 1. The van der Waals surface area contributed by atoms with Crippen molar-refractivity contribution in [1.29, 1.82) is 5.26 Å². The van der Waals surface area contributed by atoms with Gasteiger partial charge in [0.1, 0.15) is 11.3 Å². The third kappa shape index (κ3) is 2.66. The molecule has 0 aliphatic rings. The lowest BCUT2D eigenvalue weighted by Crippen LogP contribution is -2.46. The first-order valence-electron chi connectivity index (χ1n) is 5.11. The van der Waals surface area contributed by atoms with Crippen molar-refractivity contribution in [1.82, 2.24) is 0 Å². The van der Waals surface area contributed by atoms with Gasteiger partial charge in [0.05, 0.1) is 23.9 Å². The predicted octanol–water partition coefficient (Wildman–Crippen LogP) is 3.14. The van der Waals surface area contributed by atoms with Crippen LogP contribution in [0.15, 0.2) is 18.2 Å². The van der Waals surface area contributed by atoms with E-state index in [-0.39, 0.29) is 5.02 Å². The summed E-state index contributed by atoms with van der Waals surface area (Å²) >= 11 is 5.94. The number of nitrogens with zero attached hydrogens (tertiary/aromatic N) is 2. The predicted molar refractivity (Wildman–Crippen MR) is 68.2 cm³/mol. The third-order valence-electron chi connectivity index (χ3n) is 2.42. The molecule has 1 aromatic rings. The molecule has 0 spiro atoms. The van der Waals surface area contributed by atoms with E-state index < -0.39 is 11.6 Å². The zero-order chi connectivity index (χ0) is 13.9. The van der Waals surface area contributed by atoms with Crippen molar-refractivity contribution in [3.63, 3.8) is 0 Å². The van der Waals surface area contributed by atoms with Gasteiger partial charge in [-0.15, -0.1) is 0 Å². The van der Waals surface area contributed by atoms with Crippen LogP contribution >= 0.6 is 11.6 Å². The maximum Gasteiger partial charge on any atom is 0.413 e. The fourth-order valence-electron chi connectivity index (χ4n) is 1.52. The van der Waals surface area contributed by atoms with E-state index in [9.17, 15) is 9.90 Å². The summed E-state index contributed by atoms with van der Waals surface area (Å²) in [6, 6.07) is 6.49. The van der Waals surface area contributed by atoms with E-state index in [0.717, 1.165) is 4.90 Å². The minimum absolute atomic E-state index is 0.287. The Hall–Kier alpha value is -1.93. The Kier molecular flexibility index (Phi) is 4.04. The van der Waals surface area contributed by atoms with Crippen molar-refractivity contribution in [3.05, 3.63) is 23.2 Å². The van der Waals surface area contributed by atoms with Gasteiger partial charge in [-0.3, -0.25) is 4.90 Å². The Balaban J connectivity index is 3.29. The highest BCUT2D eigenvalue weighted by atomic mass is 35.5. The summed E-state index contributed by atoms with van der Waals surface area (Å²) in [6.45, 7) is 3.03. The summed E-state index contributed by atoms with van der Waals surface area (Å²) in [7, 11) is 1.47. The van der Waals surface area contributed by atoms with Crippen molar-refractivity contribution in [2.24, 2.45) is 0 Å². The molecule has 1 aromatic carbocycles. The second kappa shape index (κ2) is 5.15. The van der Waals surface area contributed by atoms with E-state index in [1.54, 1.807) is 6.07 Å². The summed E-state index contributed by atoms with van der Waals surface area (Å²) in [5, 5.41) is 18.5. The van der Waals surface area contributed by atoms with Crippen molar-refractivity contribution >= 4 is 23.4 Å². The molecule has 0 saturated carbocycles. The lowest BCUT2D eigenvalue weighted by atomic mass is 10.0. The monoisotopic (exact) mass is 268 g/mol. The molecule has 1 rings (SSSR count). The highest BCUT2D eigenvalue weighted by Gasteiger charge is 2.32. The van der Waals surface area contributed by atoms with E-state index >= 15 is 0 Å². The Labute approximate surface area is 110 Å². The molecule has 5 nitrogen and oxygen atoms in total. The molecule has 0 radical (unpaired) electrons.